The molecule has 0 N–H and O–H groups in total. The molecule has 0 saturated carbocycles. The van der Waals surface area contributed by atoms with Crippen LogP contribution in [0, 0.1) is 19.8 Å². The van der Waals surface area contributed by atoms with Crippen molar-refractivity contribution in [3.63, 3.8) is 0 Å². The molecular formula is C36H37NO7S2. The summed E-state index contributed by atoms with van der Waals surface area (Å²) in [6, 6.07) is 25.2. The molecule has 1 unspecified atom stereocenters. The van der Waals surface area contributed by atoms with Crippen molar-refractivity contribution in [3.05, 3.63) is 114 Å². The number of carbonyl (C=O) groups is 2. The molecule has 5 aromatic rings. The largest absolute Gasteiger partial charge is 0.472 e. The fraction of sp³-hybridized carbons (Fsp3) is 0.222. The topological polar surface area (TPSA) is 120 Å². The summed E-state index contributed by atoms with van der Waals surface area (Å²) in [5.41, 5.74) is 7.96. The van der Waals surface area contributed by atoms with Gasteiger partial charge in [0.15, 0.2) is 25.5 Å². The molecule has 0 aliphatic rings. The number of hydrogen-bond donors (Lipinski definition) is 0. The van der Waals surface area contributed by atoms with Crippen LogP contribution in [-0.4, -0.2) is 45.5 Å². The Morgan fingerprint density at radius 1 is 0.739 bits per heavy atom. The Morgan fingerprint density at radius 2 is 1.26 bits per heavy atom. The minimum atomic E-state index is -3.25. The number of furan rings is 1. The van der Waals surface area contributed by atoms with Gasteiger partial charge in [-0.25, -0.2) is 16.8 Å². The fourth-order valence-electron chi connectivity index (χ4n) is 4.81. The molecule has 3 aromatic carbocycles. The van der Waals surface area contributed by atoms with Crippen molar-refractivity contribution in [1.82, 2.24) is 4.57 Å². The van der Waals surface area contributed by atoms with E-state index in [1.165, 1.54) is 43.0 Å². The summed E-state index contributed by atoms with van der Waals surface area (Å²) in [5.74, 6) is -0.499. The highest BCUT2D eigenvalue weighted by Gasteiger charge is 2.16. The first kappa shape index (κ1) is 34.3. The van der Waals surface area contributed by atoms with Gasteiger partial charge in [0, 0.05) is 47.4 Å². The zero-order valence-corrected chi connectivity index (χ0v) is 28.3. The molecule has 2 aromatic heterocycles. The Labute approximate surface area is 270 Å². The Hall–Kier alpha value is -4.54. The summed E-state index contributed by atoms with van der Waals surface area (Å²) in [7, 11) is -6.45. The number of benzene rings is 3. The lowest BCUT2D eigenvalue weighted by Crippen LogP contribution is -2.12. The molecule has 46 heavy (non-hydrogen) atoms. The molecule has 0 fully saturated rings. The Morgan fingerprint density at radius 3 is 1.74 bits per heavy atom. The Kier molecular flexibility index (Phi) is 10.3. The van der Waals surface area contributed by atoms with Crippen LogP contribution in [0.15, 0.2) is 112 Å². The molecule has 0 amide bonds. The molecule has 2 heterocycles. The van der Waals surface area contributed by atoms with Gasteiger partial charge >= 0.3 is 0 Å². The van der Waals surface area contributed by atoms with Gasteiger partial charge in [-0.2, -0.15) is 0 Å². The van der Waals surface area contributed by atoms with E-state index in [4.69, 9.17) is 4.42 Å². The number of rotatable bonds is 9. The van der Waals surface area contributed by atoms with Crippen LogP contribution in [0.5, 0.6) is 0 Å². The van der Waals surface area contributed by atoms with Crippen molar-refractivity contribution in [3.8, 4) is 28.1 Å². The van der Waals surface area contributed by atoms with Crippen LogP contribution in [0.1, 0.15) is 41.9 Å². The van der Waals surface area contributed by atoms with E-state index in [1.807, 2.05) is 18.2 Å². The predicted molar refractivity (Wildman–Crippen MR) is 180 cm³/mol. The van der Waals surface area contributed by atoms with E-state index in [0.29, 0.717) is 10.5 Å². The molecule has 0 aliphatic heterocycles. The third-order valence-corrected chi connectivity index (χ3v) is 10.1. The lowest BCUT2D eigenvalue weighted by Gasteiger charge is -2.13. The quantitative estimate of drug-likeness (QED) is 0.152. The fourth-order valence-corrected chi connectivity index (χ4v) is 6.07. The normalized spacial score (nSPS) is 12.2. The monoisotopic (exact) mass is 659 g/mol. The highest BCUT2D eigenvalue weighted by atomic mass is 32.2. The summed E-state index contributed by atoms with van der Waals surface area (Å²) in [6.45, 7) is 7.32. The third-order valence-electron chi connectivity index (χ3n) is 7.85. The summed E-state index contributed by atoms with van der Waals surface area (Å²) in [4.78, 5) is 23.4. The van der Waals surface area contributed by atoms with Gasteiger partial charge in [-0.3, -0.25) is 9.59 Å². The van der Waals surface area contributed by atoms with Crippen molar-refractivity contribution in [2.45, 2.75) is 43.9 Å². The van der Waals surface area contributed by atoms with Gasteiger partial charge in [-0.1, -0.05) is 43.3 Å². The molecular weight excluding hydrogens is 623 g/mol. The van der Waals surface area contributed by atoms with E-state index in [9.17, 15) is 26.4 Å². The number of nitrogens with zero attached hydrogens (tertiary/aromatic N) is 1. The number of ketones is 2. The third kappa shape index (κ3) is 8.18. The van der Waals surface area contributed by atoms with Crippen molar-refractivity contribution in [2.75, 3.05) is 12.5 Å². The zero-order chi connectivity index (χ0) is 33.8. The minimum absolute atomic E-state index is 0.0314. The van der Waals surface area contributed by atoms with E-state index in [-0.39, 0.29) is 28.8 Å². The SMILES string of the molecule is CC(=O)C(C)CC(=O)c1ccc(S(C)(=O)=O)cc1.Cc1cc(-c2ccc(S(C)(=O)=O)cc2)n(-c2ccc(-c3ccoc3)cc2)c1C. The number of sulfone groups is 2. The molecule has 0 spiro atoms. The Bertz CT molecular complexity index is 2050. The van der Waals surface area contributed by atoms with Crippen LogP contribution < -0.4 is 0 Å². The maximum atomic E-state index is 11.8. The second-order valence-electron chi connectivity index (χ2n) is 11.4. The predicted octanol–water partition coefficient (Wildman–Crippen LogP) is 7.31. The second-order valence-corrected chi connectivity index (χ2v) is 15.5. The molecule has 0 radical (unpaired) electrons. The number of aryl methyl sites for hydroxylation is 1. The van der Waals surface area contributed by atoms with E-state index >= 15 is 0 Å². The molecule has 5 rings (SSSR count). The van der Waals surface area contributed by atoms with Crippen LogP contribution in [-0.2, 0) is 24.5 Å². The van der Waals surface area contributed by atoms with Crippen LogP contribution >= 0.6 is 0 Å². The van der Waals surface area contributed by atoms with Crippen LogP contribution in [0.2, 0.25) is 0 Å². The molecule has 1 atom stereocenters. The van der Waals surface area contributed by atoms with Gasteiger partial charge in [-0.15, -0.1) is 0 Å². The molecule has 0 saturated heterocycles. The first-order valence-electron chi connectivity index (χ1n) is 14.5. The number of hydrogen-bond acceptors (Lipinski definition) is 7. The molecule has 240 valence electrons. The zero-order valence-electron chi connectivity index (χ0n) is 26.6. The number of aromatic nitrogens is 1. The number of carbonyl (C=O) groups excluding carboxylic acids is 2. The van der Waals surface area contributed by atoms with Gasteiger partial charge in [-0.05, 0) is 86.0 Å². The molecule has 10 heteroatoms. The summed E-state index contributed by atoms with van der Waals surface area (Å²) in [5, 5.41) is 0. The van der Waals surface area contributed by atoms with Crippen molar-refractivity contribution in [2.24, 2.45) is 5.92 Å². The highest BCUT2D eigenvalue weighted by Crippen LogP contribution is 2.31. The maximum Gasteiger partial charge on any atom is 0.175 e. The lowest BCUT2D eigenvalue weighted by molar-refractivity contribution is -0.120. The van der Waals surface area contributed by atoms with Crippen molar-refractivity contribution in [1.29, 1.82) is 0 Å². The summed E-state index contributed by atoms with van der Waals surface area (Å²) in [6.07, 6.45) is 5.88. The van der Waals surface area contributed by atoms with Gasteiger partial charge in [0.25, 0.3) is 0 Å². The van der Waals surface area contributed by atoms with Crippen molar-refractivity contribution < 1.29 is 30.8 Å². The molecule has 0 aliphatic carbocycles. The second kappa shape index (κ2) is 13.8. The summed E-state index contributed by atoms with van der Waals surface area (Å²) >= 11 is 0. The number of Topliss-reactive ketones (excluding diaryl/α,β-unsaturated/α-hetero) is 2. The van der Waals surface area contributed by atoms with Gasteiger partial charge in [0.05, 0.1) is 28.0 Å². The van der Waals surface area contributed by atoms with E-state index in [1.54, 1.807) is 31.6 Å². The smallest absolute Gasteiger partial charge is 0.175 e. The van der Waals surface area contributed by atoms with E-state index in [0.717, 1.165) is 40.0 Å². The highest BCUT2D eigenvalue weighted by molar-refractivity contribution is 7.91. The standard InChI is InChI=1S/C23H21NO3S.C13H16O4S/c1-16-14-23(19-6-10-22(11-7-19)28(3,25)26)24(17(16)2)21-8-4-18(5-9-21)20-12-13-27-15-20;1-9(10(2)14)8-13(15)11-4-6-12(7-5-11)18(3,16)17/h4-15H,1-3H3;4-7,9H,8H2,1-3H3. The first-order chi connectivity index (χ1) is 21.6. The summed E-state index contributed by atoms with van der Waals surface area (Å²) < 4.78 is 53.4. The molecule has 0 bridgehead atoms. The van der Waals surface area contributed by atoms with Crippen LogP contribution in [0.25, 0.3) is 28.1 Å². The van der Waals surface area contributed by atoms with Crippen LogP contribution in [0.4, 0.5) is 0 Å². The first-order valence-corrected chi connectivity index (χ1v) is 18.3. The van der Waals surface area contributed by atoms with Gasteiger partial charge in [0.2, 0.25) is 0 Å². The Balaban J connectivity index is 0.000000232. The molecule has 8 nitrogen and oxygen atoms in total. The van der Waals surface area contributed by atoms with E-state index in [2.05, 4.69) is 48.7 Å². The average molecular weight is 660 g/mol. The van der Waals surface area contributed by atoms with Gasteiger partial charge < -0.3 is 8.98 Å². The van der Waals surface area contributed by atoms with Crippen molar-refractivity contribution >= 4 is 31.2 Å². The van der Waals surface area contributed by atoms with Gasteiger partial charge in [0.1, 0.15) is 5.78 Å². The maximum absolute atomic E-state index is 11.8. The van der Waals surface area contributed by atoms with E-state index < -0.39 is 19.7 Å². The van der Waals surface area contributed by atoms with Crippen LogP contribution in [0.3, 0.4) is 0 Å². The average Bonchev–Trinajstić information content (AvgIpc) is 3.65. The minimum Gasteiger partial charge on any atom is -0.472 e. The lowest BCUT2D eigenvalue weighted by atomic mass is 9.97.